The molecule has 3 heterocycles. The predicted molar refractivity (Wildman–Crippen MR) is 91.7 cm³/mol. The van der Waals surface area contributed by atoms with Crippen LogP contribution in [-0.2, 0) is 4.74 Å². The molecule has 8 heteroatoms. The molecule has 0 spiro atoms. The van der Waals surface area contributed by atoms with Crippen LogP contribution in [0.4, 0.5) is 17.5 Å². The van der Waals surface area contributed by atoms with Gasteiger partial charge >= 0.3 is 0 Å². The lowest BCUT2D eigenvalue weighted by Gasteiger charge is -2.28. The van der Waals surface area contributed by atoms with Crippen LogP contribution in [0, 0.1) is 0 Å². The van der Waals surface area contributed by atoms with Gasteiger partial charge in [-0.15, -0.1) is 0 Å². The topological polar surface area (TPSA) is 70.6 Å². The molecular weight excluding hydrogens is 314 g/mol. The molecule has 122 valence electrons. The Hall–Kier alpha value is -2.19. The van der Waals surface area contributed by atoms with Gasteiger partial charge in [-0.05, 0) is 11.4 Å². The minimum absolute atomic E-state index is 0.155. The summed E-state index contributed by atoms with van der Waals surface area (Å²) in [4.78, 5) is 25.2. The first-order valence-electron chi connectivity index (χ1n) is 7.36. The van der Waals surface area contributed by atoms with Gasteiger partial charge in [-0.3, -0.25) is 4.79 Å². The Morgan fingerprint density at radius 2 is 2.17 bits per heavy atom. The number of nitrogens with one attached hydrogen (secondary N) is 1. The molecule has 0 aromatic carbocycles. The number of nitrogens with zero attached hydrogens (tertiary/aromatic N) is 4. The smallest absolute Gasteiger partial charge is 0.256 e. The van der Waals surface area contributed by atoms with Crippen LogP contribution in [0.2, 0.25) is 0 Å². The largest absolute Gasteiger partial charge is 0.378 e. The lowest BCUT2D eigenvalue weighted by atomic mass is 10.3. The van der Waals surface area contributed by atoms with Gasteiger partial charge < -0.3 is 19.9 Å². The highest BCUT2D eigenvalue weighted by molar-refractivity contribution is 7.08. The number of anilines is 3. The molecule has 0 radical (unpaired) electrons. The van der Waals surface area contributed by atoms with Crippen molar-refractivity contribution in [3.63, 3.8) is 0 Å². The molecule has 1 aliphatic heterocycles. The van der Waals surface area contributed by atoms with E-state index in [0.717, 1.165) is 13.1 Å². The molecule has 0 saturated carbocycles. The zero-order chi connectivity index (χ0) is 16.2. The molecule has 0 atom stereocenters. The minimum Gasteiger partial charge on any atom is -0.378 e. The summed E-state index contributed by atoms with van der Waals surface area (Å²) in [5.74, 6) is 1.19. The molecule has 7 nitrogen and oxygen atoms in total. The Balaban J connectivity index is 1.83. The van der Waals surface area contributed by atoms with Crippen LogP contribution in [0.5, 0.6) is 0 Å². The number of morpholine rings is 1. The zero-order valence-corrected chi connectivity index (χ0v) is 14.0. The molecule has 1 fully saturated rings. The van der Waals surface area contributed by atoms with Gasteiger partial charge in [-0.2, -0.15) is 16.3 Å². The first-order valence-corrected chi connectivity index (χ1v) is 8.30. The molecule has 1 N–H and O–H groups in total. The Morgan fingerprint density at radius 3 is 2.83 bits per heavy atom. The first kappa shape index (κ1) is 15.7. The van der Waals surface area contributed by atoms with E-state index >= 15 is 0 Å². The van der Waals surface area contributed by atoms with Crippen molar-refractivity contribution in [1.82, 2.24) is 9.97 Å². The number of amides is 1. The Labute approximate surface area is 138 Å². The second kappa shape index (κ2) is 6.93. The van der Waals surface area contributed by atoms with Gasteiger partial charge in [0.25, 0.3) is 5.91 Å². The van der Waals surface area contributed by atoms with E-state index in [0.29, 0.717) is 36.2 Å². The van der Waals surface area contributed by atoms with Crippen molar-refractivity contribution in [1.29, 1.82) is 0 Å². The monoisotopic (exact) mass is 333 g/mol. The van der Waals surface area contributed by atoms with Crippen LogP contribution in [-0.4, -0.2) is 56.3 Å². The average Bonchev–Trinajstić information content (AvgIpc) is 3.10. The van der Waals surface area contributed by atoms with Crippen LogP contribution in [0.1, 0.15) is 10.4 Å². The van der Waals surface area contributed by atoms with E-state index < -0.39 is 0 Å². The maximum absolute atomic E-state index is 12.2. The number of carbonyl (C=O) groups is 1. The summed E-state index contributed by atoms with van der Waals surface area (Å²) < 4.78 is 5.35. The van der Waals surface area contributed by atoms with Crippen molar-refractivity contribution < 1.29 is 9.53 Å². The van der Waals surface area contributed by atoms with Gasteiger partial charge in [0, 0.05) is 32.6 Å². The SMILES string of the molecule is CN(C)c1nc(N2CCOCC2)ncc1NC(=O)c1ccsc1. The lowest BCUT2D eigenvalue weighted by molar-refractivity contribution is 0.102. The highest BCUT2D eigenvalue weighted by Crippen LogP contribution is 2.24. The fourth-order valence-electron chi connectivity index (χ4n) is 2.30. The molecule has 0 bridgehead atoms. The third-order valence-corrected chi connectivity index (χ3v) is 4.19. The first-order chi connectivity index (χ1) is 11.1. The van der Waals surface area contributed by atoms with Crippen molar-refractivity contribution >= 4 is 34.7 Å². The van der Waals surface area contributed by atoms with Crippen LogP contribution >= 0.6 is 11.3 Å². The fourth-order valence-corrected chi connectivity index (χ4v) is 2.93. The van der Waals surface area contributed by atoms with Gasteiger partial charge in [-0.25, -0.2) is 4.98 Å². The number of thiophene rings is 1. The lowest BCUT2D eigenvalue weighted by Crippen LogP contribution is -2.37. The number of hydrogen-bond donors (Lipinski definition) is 1. The third kappa shape index (κ3) is 3.59. The van der Waals surface area contributed by atoms with Gasteiger partial charge in [-0.1, -0.05) is 0 Å². The van der Waals surface area contributed by atoms with E-state index in [1.165, 1.54) is 11.3 Å². The van der Waals surface area contributed by atoms with E-state index in [4.69, 9.17) is 4.74 Å². The normalized spacial score (nSPS) is 14.6. The predicted octanol–water partition coefficient (Wildman–Crippen LogP) is 1.69. The number of hydrogen-bond acceptors (Lipinski definition) is 7. The molecule has 1 aliphatic rings. The maximum atomic E-state index is 12.2. The van der Waals surface area contributed by atoms with Gasteiger partial charge in [0.2, 0.25) is 5.95 Å². The van der Waals surface area contributed by atoms with Crippen molar-refractivity contribution in [2.75, 3.05) is 55.5 Å². The minimum atomic E-state index is -0.155. The number of rotatable bonds is 4. The van der Waals surface area contributed by atoms with Crippen molar-refractivity contribution in [3.8, 4) is 0 Å². The van der Waals surface area contributed by atoms with Crippen LogP contribution in [0.15, 0.2) is 23.0 Å². The fraction of sp³-hybridized carbons (Fsp3) is 0.400. The summed E-state index contributed by atoms with van der Waals surface area (Å²) in [5.41, 5.74) is 1.24. The van der Waals surface area contributed by atoms with Crippen molar-refractivity contribution in [2.45, 2.75) is 0 Å². The summed E-state index contributed by atoms with van der Waals surface area (Å²) in [7, 11) is 3.79. The van der Waals surface area contributed by atoms with Gasteiger partial charge in [0.1, 0.15) is 5.69 Å². The highest BCUT2D eigenvalue weighted by atomic mass is 32.1. The molecule has 2 aromatic heterocycles. The molecule has 3 rings (SSSR count). The zero-order valence-electron chi connectivity index (χ0n) is 13.2. The molecule has 1 saturated heterocycles. The Bertz CT molecular complexity index is 669. The van der Waals surface area contributed by atoms with E-state index in [2.05, 4.69) is 20.2 Å². The summed E-state index contributed by atoms with van der Waals surface area (Å²) in [6, 6.07) is 1.79. The summed E-state index contributed by atoms with van der Waals surface area (Å²) in [5, 5.41) is 6.57. The molecule has 2 aromatic rings. The summed E-state index contributed by atoms with van der Waals surface area (Å²) in [6.45, 7) is 2.90. The Kier molecular flexibility index (Phi) is 4.73. The third-order valence-electron chi connectivity index (χ3n) is 3.51. The number of carbonyl (C=O) groups excluding carboxylic acids is 1. The average molecular weight is 333 g/mol. The maximum Gasteiger partial charge on any atom is 0.256 e. The molecule has 0 unspecified atom stereocenters. The van der Waals surface area contributed by atoms with E-state index in [-0.39, 0.29) is 5.91 Å². The summed E-state index contributed by atoms with van der Waals surface area (Å²) in [6.07, 6.45) is 1.66. The number of ether oxygens (including phenoxy) is 1. The summed E-state index contributed by atoms with van der Waals surface area (Å²) >= 11 is 1.49. The second-order valence-corrected chi connectivity index (χ2v) is 6.15. The van der Waals surface area contributed by atoms with Crippen LogP contribution in [0.3, 0.4) is 0 Å². The van der Waals surface area contributed by atoms with E-state index in [9.17, 15) is 4.79 Å². The number of aromatic nitrogens is 2. The van der Waals surface area contributed by atoms with Crippen molar-refractivity contribution in [2.24, 2.45) is 0 Å². The standard InChI is InChI=1S/C15H19N5O2S/c1-19(2)13-12(17-14(21)11-3-8-23-10-11)9-16-15(18-13)20-4-6-22-7-5-20/h3,8-10H,4-7H2,1-2H3,(H,17,21). The Morgan fingerprint density at radius 1 is 1.39 bits per heavy atom. The van der Waals surface area contributed by atoms with Crippen LogP contribution in [0.25, 0.3) is 0 Å². The van der Waals surface area contributed by atoms with Gasteiger partial charge in [0.15, 0.2) is 5.82 Å². The van der Waals surface area contributed by atoms with Crippen molar-refractivity contribution in [3.05, 3.63) is 28.6 Å². The molecule has 1 amide bonds. The van der Waals surface area contributed by atoms with Gasteiger partial charge in [0.05, 0.1) is 25.0 Å². The molecule has 0 aliphatic carbocycles. The van der Waals surface area contributed by atoms with E-state index in [1.54, 1.807) is 12.3 Å². The quantitative estimate of drug-likeness (QED) is 0.918. The molecular formula is C15H19N5O2S. The molecule has 23 heavy (non-hydrogen) atoms. The van der Waals surface area contributed by atoms with E-state index in [1.807, 2.05) is 29.8 Å². The second-order valence-electron chi connectivity index (χ2n) is 5.37. The highest BCUT2D eigenvalue weighted by Gasteiger charge is 2.18. The van der Waals surface area contributed by atoms with Crippen LogP contribution < -0.4 is 15.1 Å².